The molecular weight excluding hydrogens is 383 g/mol. The molecule has 0 aliphatic carbocycles. The van der Waals surface area contributed by atoms with Gasteiger partial charge in [-0.05, 0) is 55.0 Å². The summed E-state index contributed by atoms with van der Waals surface area (Å²) in [5.41, 5.74) is 2.78. The van der Waals surface area contributed by atoms with Gasteiger partial charge in [-0.25, -0.2) is 14.0 Å². The van der Waals surface area contributed by atoms with Crippen molar-refractivity contribution in [2.75, 3.05) is 28.6 Å². The van der Waals surface area contributed by atoms with E-state index in [0.717, 1.165) is 5.56 Å². The van der Waals surface area contributed by atoms with Crippen LogP contribution in [0, 0.1) is 12.7 Å². The number of nitrogens with zero attached hydrogens (tertiary/aromatic N) is 1. The third-order valence-corrected chi connectivity index (χ3v) is 4.29. The highest BCUT2D eigenvalue weighted by molar-refractivity contribution is 6.01. The summed E-state index contributed by atoms with van der Waals surface area (Å²) in [6.45, 7) is 2.40. The highest BCUT2D eigenvalue weighted by atomic mass is 19.1. The number of rotatable bonds is 6. The van der Waals surface area contributed by atoms with Crippen LogP contribution in [-0.2, 0) is 0 Å². The number of hydrogen-bond donors (Lipinski definition) is 3. The number of halogens is 1. The predicted octanol–water partition coefficient (Wildman–Crippen LogP) is 4.99. The molecular formula is C23H23FN4O2. The SMILES string of the molecule is Cc1cccc(NC(=O)N(CCNC(=O)Nc2cccc(F)c2)c2ccccc2)c1. The molecule has 3 aromatic rings. The minimum absolute atomic E-state index is 0.206. The Morgan fingerprint density at radius 1 is 0.867 bits per heavy atom. The Morgan fingerprint density at radius 3 is 2.27 bits per heavy atom. The Morgan fingerprint density at radius 2 is 1.57 bits per heavy atom. The maximum absolute atomic E-state index is 13.2. The Kier molecular flexibility index (Phi) is 7.00. The zero-order chi connectivity index (χ0) is 21.3. The quantitative estimate of drug-likeness (QED) is 0.539. The first kappa shape index (κ1) is 20.9. The summed E-state index contributed by atoms with van der Waals surface area (Å²) in [4.78, 5) is 26.5. The zero-order valence-electron chi connectivity index (χ0n) is 16.6. The van der Waals surface area contributed by atoms with Crippen LogP contribution in [0.15, 0.2) is 78.9 Å². The van der Waals surface area contributed by atoms with Gasteiger partial charge < -0.3 is 16.0 Å². The van der Waals surface area contributed by atoms with Gasteiger partial charge in [-0.1, -0.05) is 36.4 Å². The predicted molar refractivity (Wildman–Crippen MR) is 117 cm³/mol. The van der Waals surface area contributed by atoms with Gasteiger partial charge in [0.1, 0.15) is 5.82 Å². The molecule has 0 aliphatic heterocycles. The van der Waals surface area contributed by atoms with Crippen molar-refractivity contribution in [3.05, 3.63) is 90.2 Å². The Hall–Kier alpha value is -3.87. The monoisotopic (exact) mass is 406 g/mol. The lowest BCUT2D eigenvalue weighted by Gasteiger charge is -2.23. The lowest BCUT2D eigenvalue weighted by molar-refractivity contribution is 0.250. The van der Waals surface area contributed by atoms with Crippen molar-refractivity contribution >= 4 is 29.1 Å². The Labute approximate surface area is 174 Å². The van der Waals surface area contributed by atoms with E-state index in [9.17, 15) is 14.0 Å². The lowest BCUT2D eigenvalue weighted by atomic mass is 10.2. The van der Waals surface area contributed by atoms with Gasteiger partial charge in [0.05, 0.1) is 0 Å². The molecule has 3 N–H and O–H groups in total. The van der Waals surface area contributed by atoms with Gasteiger partial charge in [0.15, 0.2) is 0 Å². The van der Waals surface area contributed by atoms with Gasteiger partial charge >= 0.3 is 12.1 Å². The molecule has 0 radical (unpaired) electrons. The molecule has 4 amide bonds. The first-order valence-electron chi connectivity index (χ1n) is 9.52. The van der Waals surface area contributed by atoms with E-state index in [0.29, 0.717) is 17.1 Å². The zero-order valence-corrected chi connectivity index (χ0v) is 16.6. The van der Waals surface area contributed by atoms with E-state index >= 15 is 0 Å². The maximum atomic E-state index is 13.2. The van der Waals surface area contributed by atoms with E-state index in [1.54, 1.807) is 11.0 Å². The number of aryl methyl sites for hydroxylation is 1. The number of benzene rings is 3. The average Bonchev–Trinajstić information content (AvgIpc) is 2.72. The number of anilines is 3. The second kappa shape index (κ2) is 10.1. The smallest absolute Gasteiger partial charge is 0.326 e. The van der Waals surface area contributed by atoms with Crippen LogP contribution in [0.1, 0.15) is 5.56 Å². The molecule has 0 aliphatic rings. The van der Waals surface area contributed by atoms with Gasteiger partial charge in [0, 0.05) is 30.2 Å². The largest absolute Gasteiger partial charge is 0.336 e. The number of nitrogens with one attached hydrogen (secondary N) is 3. The summed E-state index contributed by atoms with van der Waals surface area (Å²) in [5, 5.41) is 8.13. The van der Waals surface area contributed by atoms with Crippen molar-refractivity contribution in [2.45, 2.75) is 6.92 Å². The normalized spacial score (nSPS) is 10.2. The molecule has 0 aromatic heterocycles. The summed E-state index contributed by atoms with van der Waals surface area (Å²) in [7, 11) is 0. The fraction of sp³-hybridized carbons (Fsp3) is 0.130. The molecule has 0 unspecified atom stereocenters. The molecule has 0 saturated carbocycles. The third kappa shape index (κ3) is 6.07. The molecule has 30 heavy (non-hydrogen) atoms. The minimum atomic E-state index is -0.479. The van der Waals surface area contributed by atoms with Crippen LogP contribution in [-0.4, -0.2) is 25.2 Å². The standard InChI is InChI=1S/C23H23FN4O2/c1-17-7-5-9-19(15-17)27-23(30)28(21-11-3-2-4-12-21)14-13-25-22(29)26-20-10-6-8-18(24)16-20/h2-12,15-16H,13-14H2,1H3,(H,27,30)(H2,25,26,29). The first-order chi connectivity index (χ1) is 14.5. The second-order valence-electron chi connectivity index (χ2n) is 6.68. The molecule has 0 saturated heterocycles. The fourth-order valence-corrected chi connectivity index (χ4v) is 2.89. The van der Waals surface area contributed by atoms with E-state index in [2.05, 4.69) is 16.0 Å². The van der Waals surface area contributed by atoms with Gasteiger partial charge in [0.2, 0.25) is 0 Å². The van der Waals surface area contributed by atoms with E-state index in [-0.39, 0.29) is 19.1 Å². The fourth-order valence-electron chi connectivity index (χ4n) is 2.89. The summed E-state index contributed by atoms with van der Waals surface area (Å²) >= 11 is 0. The second-order valence-corrected chi connectivity index (χ2v) is 6.68. The van der Waals surface area contributed by atoms with Crippen molar-refractivity contribution in [2.24, 2.45) is 0 Å². The summed E-state index contributed by atoms with van der Waals surface area (Å²) < 4.78 is 13.2. The number of carbonyl (C=O) groups is 2. The first-order valence-corrected chi connectivity index (χ1v) is 9.52. The van der Waals surface area contributed by atoms with E-state index in [1.807, 2.05) is 61.5 Å². The van der Waals surface area contributed by atoms with E-state index in [4.69, 9.17) is 0 Å². The number of hydrogen-bond acceptors (Lipinski definition) is 2. The molecule has 7 heteroatoms. The molecule has 0 atom stereocenters. The lowest BCUT2D eigenvalue weighted by Crippen LogP contribution is -2.42. The maximum Gasteiger partial charge on any atom is 0.326 e. The van der Waals surface area contributed by atoms with E-state index < -0.39 is 11.8 Å². The highest BCUT2D eigenvalue weighted by Crippen LogP contribution is 2.16. The van der Waals surface area contributed by atoms with Crippen LogP contribution < -0.4 is 20.9 Å². The minimum Gasteiger partial charge on any atom is -0.336 e. The van der Waals surface area contributed by atoms with Gasteiger partial charge in [-0.2, -0.15) is 0 Å². The van der Waals surface area contributed by atoms with Gasteiger partial charge in [0.25, 0.3) is 0 Å². The molecule has 0 spiro atoms. The van der Waals surface area contributed by atoms with Gasteiger partial charge in [-0.3, -0.25) is 4.90 Å². The number of urea groups is 2. The van der Waals surface area contributed by atoms with Crippen LogP contribution in [0.25, 0.3) is 0 Å². The Balaban J connectivity index is 1.61. The van der Waals surface area contributed by atoms with Crippen molar-refractivity contribution in [3.8, 4) is 0 Å². The van der Waals surface area contributed by atoms with Crippen molar-refractivity contribution in [1.82, 2.24) is 5.32 Å². The van der Waals surface area contributed by atoms with Crippen LogP contribution in [0.2, 0.25) is 0 Å². The molecule has 0 bridgehead atoms. The van der Waals surface area contributed by atoms with Crippen LogP contribution in [0.5, 0.6) is 0 Å². The van der Waals surface area contributed by atoms with Crippen LogP contribution in [0.3, 0.4) is 0 Å². The summed E-state index contributed by atoms with van der Waals surface area (Å²) in [5.74, 6) is -0.434. The molecule has 0 fully saturated rings. The molecule has 154 valence electrons. The van der Waals surface area contributed by atoms with E-state index in [1.165, 1.54) is 18.2 Å². The molecule has 3 rings (SSSR count). The Bertz CT molecular complexity index is 1010. The third-order valence-electron chi connectivity index (χ3n) is 4.29. The van der Waals surface area contributed by atoms with Crippen LogP contribution in [0.4, 0.5) is 31.0 Å². The average molecular weight is 406 g/mol. The molecule has 0 heterocycles. The summed E-state index contributed by atoms with van der Waals surface area (Å²) in [6.07, 6.45) is 0. The van der Waals surface area contributed by atoms with Crippen molar-refractivity contribution in [1.29, 1.82) is 0 Å². The summed E-state index contributed by atoms with van der Waals surface area (Å²) in [6, 6.07) is 21.6. The topological polar surface area (TPSA) is 73.5 Å². The van der Waals surface area contributed by atoms with Gasteiger partial charge in [-0.15, -0.1) is 0 Å². The molecule has 3 aromatic carbocycles. The highest BCUT2D eigenvalue weighted by Gasteiger charge is 2.16. The number of para-hydroxylation sites is 1. The molecule has 6 nitrogen and oxygen atoms in total. The van der Waals surface area contributed by atoms with Crippen molar-refractivity contribution < 1.29 is 14.0 Å². The number of amides is 4. The van der Waals surface area contributed by atoms with Crippen LogP contribution >= 0.6 is 0 Å². The van der Waals surface area contributed by atoms with Crippen molar-refractivity contribution in [3.63, 3.8) is 0 Å². The number of carbonyl (C=O) groups excluding carboxylic acids is 2.